The molecule has 0 aromatic rings. The lowest BCUT2D eigenvalue weighted by Crippen LogP contribution is -2.50. The highest BCUT2D eigenvalue weighted by molar-refractivity contribution is 5.77. The highest BCUT2D eigenvalue weighted by Crippen LogP contribution is 2.28. The largest absolute Gasteiger partial charge is 0.369 e. The molecule has 2 rings (SSSR count). The molecule has 0 aromatic carbocycles. The highest BCUT2D eigenvalue weighted by Gasteiger charge is 2.36. The SMILES string of the molecule is NC(=O)C1CCN(C2CC(N)C2)C1. The number of amides is 1. The van der Waals surface area contributed by atoms with Gasteiger partial charge >= 0.3 is 0 Å². The Balaban J connectivity index is 1.81. The third-order valence-electron chi connectivity index (χ3n) is 3.29. The van der Waals surface area contributed by atoms with E-state index in [4.69, 9.17) is 11.5 Å². The van der Waals surface area contributed by atoms with Crippen LogP contribution in [0, 0.1) is 5.92 Å². The first-order valence-corrected chi connectivity index (χ1v) is 4.95. The Morgan fingerprint density at radius 3 is 2.54 bits per heavy atom. The number of likely N-dealkylation sites (tertiary alicyclic amines) is 1. The van der Waals surface area contributed by atoms with E-state index in [0.717, 1.165) is 32.4 Å². The zero-order chi connectivity index (χ0) is 9.42. The molecule has 4 N–H and O–H groups in total. The molecule has 0 aromatic heterocycles. The molecule has 4 heteroatoms. The molecule has 1 amide bonds. The van der Waals surface area contributed by atoms with Crippen molar-refractivity contribution in [3.05, 3.63) is 0 Å². The maximum absolute atomic E-state index is 10.9. The number of rotatable bonds is 2. The Kier molecular flexibility index (Phi) is 2.26. The summed E-state index contributed by atoms with van der Waals surface area (Å²) in [5, 5.41) is 0. The molecule has 1 unspecified atom stereocenters. The van der Waals surface area contributed by atoms with Crippen molar-refractivity contribution in [2.45, 2.75) is 31.3 Å². The van der Waals surface area contributed by atoms with Crippen LogP contribution in [0.4, 0.5) is 0 Å². The summed E-state index contributed by atoms with van der Waals surface area (Å²) in [7, 11) is 0. The van der Waals surface area contributed by atoms with E-state index in [1.54, 1.807) is 0 Å². The molecule has 13 heavy (non-hydrogen) atoms. The van der Waals surface area contributed by atoms with Crippen molar-refractivity contribution >= 4 is 5.91 Å². The topological polar surface area (TPSA) is 72.4 Å². The summed E-state index contributed by atoms with van der Waals surface area (Å²) in [4.78, 5) is 13.3. The lowest BCUT2D eigenvalue weighted by Gasteiger charge is -2.39. The molecule has 4 nitrogen and oxygen atoms in total. The van der Waals surface area contributed by atoms with E-state index in [0.29, 0.717) is 12.1 Å². The molecule has 2 aliphatic rings. The van der Waals surface area contributed by atoms with Crippen LogP contribution in [-0.4, -0.2) is 36.0 Å². The van der Waals surface area contributed by atoms with Crippen molar-refractivity contribution in [2.24, 2.45) is 17.4 Å². The molecule has 0 spiro atoms. The summed E-state index contributed by atoms with van der Waals surface area (Å²) in [6.07, 6.45) is 3.11. The van der Waals surface area contributed by atoms with Gasteiger partial charge in [0.25, 0.3) is 0 Å². The molecule has 1 atom stereocenters. The number of carbonyl (C=O) groups is 1. The number of primary amides is 1. The molecule has 1 saturated carbocycles. The van der Waals surface area contributed by atoms with Crippen molar-refractivity contribution in [3.63, 3.8) is 0 Å². The maximum Gasteiger partial charge on any atom is 0.221 e. The van der Waals surface area contributed by atoms with Crippen molar-refractivity contribution in [1.82, 2.24) is 4.90 Å². The van der Waals surface area contributed by atoms with Crippen LogP contribution < -0.4 is 11.5 Å². The Bertz CT molecular complexity index is 213. The lowest BCUT2D eigenvalue weighted by atomic mass is 9.86. The Hall–Kier alpha value is -0.610. The van der Waals surface area contributed by atoms with Crippen molar-refractivity contribution in [2.75, 3.05) is 13.1 Å². The van der Waals surface area contributed by atoms with Crippen LogP contribution in [0.15, 0.2) is 0 Å². The van der Waals surface area contributed by atoms with Crippen molar-refractivity contribution in [1.29, 1.82) is 0 Å². The summed E-state index contributed by atoms with van der Waals surface area (Å²) < 4.78 is 0. The molecule has 2 fully saturated rings. The van der Waals surface area contributed by atoms with Gasteiger partial charge in [0.05, 0.1) is 5.92 Å². The van der Waals surface area contributed by atoms with Gasteiger partial charge in [-0.25, -0.2) is 0 Å². The first-order valence-electron chi connectivity index (χ1n) is 4.95. The Morgan fingerprint density at radius 2 is 2.08 bits per heavy atom. The van der Waals surface area contributed by atoms with Gasteiger partial charge in [0, 0.05) is 18.6 Å². The van der Waals surface area contributed by atoms with Crippen LogP contribution in [-0.2, 0) is 4.79 Å². The van der Waals surface area contributed by atoms with Gasteiger partial charge in [0.2, 0.25) is 5.91 Å². The number of nitrogens with two attached hydrogens (primary N) is 2. The molecular formula is C9H17N3O. The number of nitrogens with zero attached hydrogens (tertiary/aromatic N) is 1. The van der Waals surface area contributed by atoms with Crippen LogP contribution in [0.5, 0.6) is 0 Å². The maximum atomic E-state index is 10.9. The molecular weight excluding hydrogens is 166 g/mol. The number of hydrogen-bond donors (Lipinski definition) is 2. The predicted octanol–water partition coefficient (Wildman–Crippen LogP) is -0.717. The van der Waals surface area contributed by atoms with E-state index in [-0.39, 0.29) is 11.8 Å². The summed E-state index contributed by atoms with van der Waals surface area (Å²) in [5.74, 6) is -0.0667. The van der Waals surface area contributed by atoms with E-state index < -0.39 is 0 Å². The van der Waals surface area contributed by atoms with Gasteiger partial charge in [0.1, 0.15) is 0 Å². The van der Waals surface area contributed by atoms with Crippen LogP contribution >= 0.6 is 0 Å². The first-order chi connectivity index (χ1) is 6.16. The molecule has 1 aliphatic heterocycles. The van der Waals surface area contributed by atoms with Gasteiger partial charge in [0.15, 0.2) is 0 Å². The molecule has 0 bridgehead atoms. The zero-order valence-electron chi connectivity index (χ0n) is 7.78. The normalized spacial score (nSPS) is 40.2. The van der Waals surface area contributed by atoms with Gasteiger partial charge in [-0.2, -0.15) is 0 Å². The minimum atomic E-state index is -0.147. The van der Waals surface area contributed by atoms with Gasteiger partial charge in [-0.3, -0.25) is 9.69 Å². The second-order valence-corrected chi connectivity index (χ2v) is 4.27. The van der Waals surface area contributed by atoms with Crippen LogP contribution in [0.1, 0.15) is 19.3 Å². The third-order valence-corrected chi connectivity index (χ3v) is 3.29. The van der Waals surface area contributed by atoms with Gasteiger partial charge < -0.3 is 11.5 Å². The van der Waals surface area contributed by atoms with E-state index in [2.05, 4.69) is 4.90 Å². The fraction of sp³-hybridized carbons (Fsp3) is 0.889. The quantitative estimate of drug-likeness (QED) is 0.593. The molecule has 74 valence electrons. The van der Waals surface area contributed by atoms with Crippen LogP contribution in [0.25, 0.3) is 0 Å². The molecule has 0 radical (unpaired) electrons. The molecule has 1 saturated heterocycles. The van der Waals surface area contributed by atoms with Crippen LogP contribution in [0.2, 0.25) is 0 Å². The fourth-order valence-corrected chi connectivity index (χ4v) is 2.28. The molecule has 1 aliphatic carbocycles. The minimum Gasteiger partial charge on any atom is -0.369 e. The minimum absolute atomic E-state index is 0.0804. The van der Waals surface area contributed by atoms with E-state index in [9.17, 15) is 4.79 Å². The summed E-state index contributed by atoms with van der Waals surface area (Å²) >= 11 is 0. The zero-order valence-corrected chi connectivity index (χ0v) is 7.78. The van der Waals surface area contributed by atoms with Crippen molar-refractivity contribution in [3.8, 4) is 0 Å². The van der Waals surface area contributed by atoms with Crippen molar-refractivity contribution < 1.29 is 4.79 Å². The van der Waals surface area contributed by atoms with E-state index >= 15 is 0 Å². The average molecular weight is 183 g/mol. The van der Waals surface area contributed by atoms with E-state index in [1.807, 2.05) is 0 Å². The summed E-state index contributed by atoms with van der Waals surface area (Å²) in [6, 6.07) is 1.01. The fourth-order valence-electron chi connectivity index (χ4n) is 2.28. The molecule has 1 heterocycles. The monoisotopic (exact) mass is 183 g/mol. The second kappa shape index (κ2) is 3.27. The lowest BCUT2D eigenvalue weighted by molar-refractivity contribution is -0.121. The predicted molar refractivity (Wildman–Crippen MR) is 49.9 cm³/mol. The summed E-state index contributed by atoms with van der Waals surface area (Å²) in [5.41, 5.74) is 11.0. The van der Waals surface area contributed by atoms with Gasteiger partial charge in [-0.1, -0.05) is 0 Å². The standard InChI is InChI=1S/C9H17N3O/c10-7-3-8(4-7)12-2-1-6(5-12)9(11)13/h6-8H,1-5,10H2,(H2,11,13). The number of hydrogen-bond acceptors (Lipinski definition) is 3. The number of carbonyl (C=O) groups excluding carboxylic acids is 1. The smallest absolute Gasteiger partial charge is 0.221 e. The van der Waals surface area contributed by atoms with Crippen LogP contribution in [0.3, 0.4) is 0 Å². The Labute approximate surface area is 78.2 Å². The van der Waals surface area contributed by atoms with Gasteiger partial charge in [-0.15, -0.1) is 0 Å². The van der Waals surface area contributed by atoms with E-state index in [1.165, 1.54) is 0 Å². The third kappa shape index (κ3) is 1.69. The summed E-state index contributed by atoms with van der Waals surface area (Å²) in [6.45, 7) is 1.87. The highest BCUT2D eigenvalue weighted by atomic mass is 16.1. The second-order valence-electron chi connectivity index (χ2n) is 4.27. The Morgan fingerprint density at radius 1 is 1.38 bits per heavy atom. The first kappa shape index (κ1) is 8.97. The van der Waals surface area contributed by atoms with Gasteiger partial charge in [-0.05, 0) is 25.8 Å². The average Bonchev–Trinajstić information content (AvgIpc) is 2.46.